The van der Waals surface area contributed by atoms with Gasteiger partial charge in [0.2, 0.25) is 5.91 Å². The van der Waals surface area contributed by atoms with Crippen molar-refractivity contribution < 1.29 is 9.59 Å². The Morgan fingerprint density at radius 3 is 2.76 bits per heavy atom. The van der Waals surface area contributed by atoms with Crippen LogP contribution in [0.3, 0.4) is 0 Å². The van der Waals surface area contributed by atoms with Crippen molar-refractivity contribution in [2.24, 2.45) is 0 Å². The van der Waals surface area contributed by atoms with Crippen LogP contribution in [-0.4, -0.2) is 57.8 Å². The van der Waals surface area contributed by atoms with Gasteiger partial charge in [-0.1, -0.05) is 0 Å². The smallest absolute Gasteiger partial charge is 0.257 e. The molecular weight excluding hydrogens is 268 g/mol. The maximum atomic E-state index is 12.6. The van der Waals surface area contributed by atoms with E-state index >= 15 is 0 Å². The summed E-state index contributed by atoms with van der Waals surface area (Å²) in [5.41, 5.74) is 1.36. The molecule has 0 N–H and O–H groups in total. The van der Waals surface area contributed by atoms with Crippen molar-refractivity contribution in [3.63, 3.8) is 0 Å². The Bertz CT molecular complexity index is 567. The van der Waals surface area contributed by atoms with E-state index in [1.165, 1.54) is 0 Å². The molecule has 3 heterocycles. The first-order valence-corrected chi connectivity index (χ1v) is 7.55. The third-order valence-corrected chi connectivity index (χ3v) is 4.13. The average Bonchev–Trinajstić information content (AvgIpc) is 2.95. The maximum absolute atomic E-state index is 12.6. The molecule has 0 spiro atoms. The fourth-order valence-electron chi connectivity index (χ4n) is 2.98. The monoisotopic (exact) mass is 288 g/mol. The lowest BCUT2D eigenvalue weighted by molar-refractivity contribution is -0.130. The van der Waals surface area contributed by atoms with Gasteiger partial charge in [0.05, 0.1) is 11.3 Å². The number of rotatable bonds is 2. The Balaban J connectivity index is 1.76. The van der Waals surface area contributed by atoms with Crippen molar-refractivity contribution in [3.05, 3.63) is 23.3 Å². The highest BCUT2D eigenvalue weighted by Gasteiger charge is 2.27. The number of aromatic nitrogens is 2. The van der Waals surface area contributed by atoms with E-state index in [0.29, 0.717) is 17.9 Å². The van der Waals surface area contributed by atoms with E-state index in [1.54, 1.807) is 11.1 Å². The Morgan fingerprint density at radius 2 is 2.00 bits per heavy atom. The zero-order valence-corrected chi connectivity index (χ0v) is 12.3. The second-order valence-electron chi connectivity index (χ2n) is 5.70. The normalized spacial score (nSPS) is 18.6. The van der Waals surface area contributed by atoms with E-state index in [1.807, 2.05) is 11.8 Å². The number of likely N-dealkylation sites (tertiary alicyclic amines) is 1. The minimum absolute atomic E-state index is 0.0531. The minimum atomic E-state index is -0.116. The molecule has 2 amide bonds. The first kappa shape index (κ1) is 14.0. The predicted octanol–water partition coefficient (Wildman–Crippen LogP) is 0.796. The van der Waals surface area contributed by atoms with Gasteiger partial charge in [-0.15, -0.1) is 0 Å². The molecule has 2 aliphatic rings. The van der Waals surface area contributed by atoms with Crippen LogP contribution in [-0.2, 0) is 11.2 Å². The Hall–Kier alpha value is -1.98. The van der Waals surface area contributed by atoms with E-state index in [2.05, 4.69) is 9.97 Å². The number of nitrogens with zero attached hydrogens (tertiary/aromatic N) is 4. The van der Waals surface area contributed by atoms with E-state index in [0.717, 1.165) is 44.5 Å². The number of fused-ring (bicyclic) bond motifs is 1. The molecule has 0 aromatic carbocycles. The van der Waals surface area contributed by atoms with Crippen molar-refractivity contribution in [2.75, 3.05) is 26.2 Å². The maximum Gasteiger partial charge on any atom is 0.257 e. The summed E-state index contributed by atoms with van der Waals surface area (Å²) in [5.74, 6) is 0.621. The number of hydrogen-bond acceptors (Lipinski definition) is 4. The van der Waals surface area contributed by atoms with Gasteiger partial charge in [0, 0.05) is 25.8 Å². The van der Waals surface area contributed by atoms with Crippen LogP contribution in [0.4, 0.5) is 0 Å². The molecule has 0 aliphatic carbocycles. The molecule has 0 unspecified atom stereocenters. The van der Waals surface area contributed by atoms with Crippen molar-refractivity contribution in [1.29, 1.82) is 0 Å². The van der Waals surface area contributed by atoms with Gasteiger partial charge in [-0.3, -0.25) is 9.59 Å². The van der Waals surface area contributed by atoms with Crippen molar-refractivity contribution in [1.82, 2.24) is 19.8 Å². The van der Waals surface area contributed by atoms with E-state index < -0.39 is 0 Å². The Labute approximate surface area is 124 Å². The standard InChI is InChI=1S/C15H20N4O2/c1-11-16-9-12-13(17-11)5-4-8-19(15(12)21)10-14(20)18-6-2-3-7-18/h9H,2-8,10H2,1H3. The molecule has 1 saturated heterocycles. The van der Waals surface area contributed by atoms with Crippen molar-refractivity contribution in [2.45, 2.75) is 32.6 Å². The zero-order chi connectivity index (χ0) is 14.8. The summed E-state index contributed by atoms with van der Waals surface area (Å²) in [6.45, 7) is 4.24. The van der Waals surface area contributed by atoms with Gasteiger partial charge in [0.15, 0.2) is 0 Å². The molecule has 1 aromatic heterocycles. The SMILES string of the molecule is Cc1ncc2c(n1)CCCN(CC(=O)N1CCCC1)C2=O. The second-order valence-corrected chi connectivity index (χ2v) is 5.70. The third-order valence-electron chi connectivity index (χ3n) is 4.13. The second kappa shape index (κ2) is 5.79. The summed E-state index contributed by atoms with van der Waals surface area (Å²) in [7, 11) is 0. The topological polar surface area (TPSA) is 66.4 Å². The zero-order valence-electron chi connectivity index (χ0n) is 12.3. The van der Waals surface area contributed by atoms with Crippen LogP contribution < -0.4 is 0 Å². The molecule has 6 nitrogen and oxygen atoms in total. The number of aryl methyl sites for hydroxylation is 2. The first-order valence-electron chi connectivity index (χ1n) is 7.55. The van der Waals surface area contributed by atoms with E-state index in [9.17, 15) is 9.59 Å². The Kier molecular flexibility index (Phi) is 3.86. The molecule has 6 heteroatoms. The summed E-state index contributed by atoms with van der Waals surface area (Å²) >= 11 is 0. The Morgan fingerprint density at radius 1 is 1.24 bits per heavy atom. The molecule has 0 radical (unpaired) electrons. The van der Waals surface area contributed by atoms with Gasteiger partial charge in [0.25, 0.3) is 5.91 Å². The molecule has 21 heavy (non-hydrogen) atoms. The molecular formula is C15H20N4O2. The minimum Gasteiger partial charge on any atom is -0.341 e. The van der Waals surface area contributed by atoms with Crippen molar-refractivity contribution in [3.8, 4) is 0 Å². The predicted molar refractivity (Wildman–Crippen MR) is 76.8 cm³/mol. The van der Waals surface area contributed by atoms with Gasteiger partial charge in [-0.2, -0.15) is 0 Å². The molecule has 0 saturated carbocycles. The summed E-state index contributed by atoms with van der Waals surface area (Å²) in [5, 5.41) is 0. The number of carbonyl (C=O) groups excluding carboxylic acids is 2. The van der Waals surface area contributed by atoms with Crippen LogP contribution in [0, 0.1) is 6.92 Å². The number of hydrogen-bond donors (Lipinski definition) is 0. The van der Waals surface area contributed by atoms with E-state index in [4.69, 9.17) is 0 Å². The average molecular weight is 288 g/mol. The van der Waals surface area contributed by atoms with E-state index in [-0.39, 0.29) is 18.4 Å². The lowest BCUT2D eigenvalue weighted by atomic mass is 10.1. The van der Waals surface area contributed by atoms with Gasteiger partial charge in [-0.25, -0.2) is 9.97 Å². The van der Waals surface area contributed by atoms with Crippen molar-refractivity contribution >= 4 is 11.8 Å². The summed E-state index contributed by atoms with van der Waals surface area (Å²) in [4.78, 5) is 36.8. The van der Waals surface area contributed by atoms with Crippen LogP contribution in [0.25, 0.3) is 0 Å². The van der Waals surface area contributed by atoms with Gasteiger partial charge >= 0.3 is 0 Å². The number of carbonyl (C=O) groups is 2. The van der Waals surface area contributed by atoms with Gasteiger partial charge in [-0.05, 0) is 32.6 Å². The highest BCUT2D eigenvalue weighted by atomic mass is 16.2. The molecule has 0 atom stereocenters. The molecule has 3 rings (SSSR count). The van der Waals surface area contributed by atoms with Crippen LogP contribution in [0.2, 0.25) is 0 Å². The molecule has 1 aromatic rings. The molecule has 2 aliphatic heterocycles. The lowest BCUT2D eigenvalue weighted by Crippen LogP contribution is -2.42. The third kappa shape index (κ3) is 2.89. The van der Waals surface area contributed by atoms with Crippen LogP contribution in [0.15, 0.2) is 6.20 Å². The van der Waals surface area contributed by atoms with Gasteiger partial charge < -0.3 is 9.80 Å². The largest absolute Gasteiger partial charge is 0.341 e. The van der Waals surface area contributed by atoms with Gasteiger partial charge in [0.1, 0.15) is 12.4 Å². The molecule has 1 fully saturated rings. The first-order chi connectivity index (χ1) is 10.1. The fraction of sp³-hybridized carbons (Fsp3) is 0.600. The fourth-order valence-corrected chi connectivity index (χ4v) is 2.98. The summed E-state index contributed by atoms with van der Waals surface area (Å²) < 4.78 is 0. The van der Waals surface area contributed by atoms with Crippen LogP contribution >= 0.6 is 0 Å². The van der Waals surface area contributed by atoms with Crippen LogP contribution in [0.5, 0.6) is 0 Å². The lowest BCUT2D eigenvalue weighted by Gasteiger charge is -2.23. The van der Waals surface area contributed by atoms with Crippen LogP contribution in [0.1, 0.15) is 41.1 Å². The summed E-state index contributed by atoms with van der Waals surface area (Å²) in [6, 6.07) is 0. The number of amides is 2. The summed E-state index contributed by atoms with van der Waals surface area (Å²) in [6.07, 6.45) is 5.32. The molecule has 112 valence electrons. The highest BCUT2D eigenvalue weighted by Crippen LogP contribution is 2.17. The quantitative estimate of drug-likeness (QED) is 0.807. The highest BCUT2D eigenvalue weighted by molar-refractivity contribution is 5.97. The molecule has 0 bridgehead atoms.